The summed E-state index contributed by atoms with van der Waals surface area (Å²) in [5.74, 6) is 1.07. The Bertz CT molecular complexity index is 2370. The molecular formula is C58H80O9. The fraction of sp³-hybridized carbons (Fsp3) is 0.534. The second-order valence-corrected chi connectivity index (χ2v) is 24.7. The smallest absolute Gasteiger partial charge is 0.428 e. The van der Waals surface area contributed by atoms with Crippen LogP contribution in [-0.4, -0.2) is 35.3 Å². The average molecular weight is 921 g/mol. The molecular weight excluding hydrogens is 841 g/mol. The molecule has 0 amide bonds. The van der Waals surface area contributed by atoms with E-state index in [-0.39, 0.29) is 11.3 Å². The Balaban J connectivity index is 1.99. The van der Waals surface area contributed by atoms with Crippen molar-refractivity contribution >= 4 is 18.5 Å². The normalized spacial score (nSPS) is 13.0. The van der Waals surface area contributed by atoms with Crippen molar-refractivity contribution in [3.05, 3.63) is 122 Å². The van der Waals surface area contributed by atoms with E-state index < -0.39 is 51.5 Å². The molecule has 0 saturated carbocycles. The molecule has 67 heavy (non-hydrogen) atoms. The highest BCUT2D eigenvalue weighted by Crippen LogP contribution is 2.46. The third kappa shape index (κ3) is 14.1. The minimum atomic E-state index is -0.763. The van der Waals surface area contributed by atoms with E-state index in [0.29, 0.717) is 17.2 Å². The quantitative estimate of drug-likeness (QED) is 0.0739. The zero-order valence-electron chi connectivity index (χ0n) is 45.0. The SMILES string of the molecule is Cc1cc(OC(=O)OC(C)(C)C)c(C(C)(C)C)cc1C(c1ccc(C(C)(C)c2cc(C(C)(C)C)c(OC(=O)OC(C)(C)C)cc2C)cc1)c1cc(C(C)(C)C)c(OC(=O)OC(C)(C)C)cc1C. The molecule has 0 N–H and O–H groups in total. The lowest BCUT2D eigenvalue weighted by Gasteiger charge is -2.33. The molecule has 9 heteroatoms. The maximum absolute atomic E-state index is 13.1. The number of benzene rings is 4. The third-order valence-electron chi connectivity index (χ3n) is 11.5. The van der Waals surface area contributed by atoms with E-state index in [1.807, 2.05) is 101 Å². The van der Waals surface area contributed by atoms with Crippen LogP contribution in [0.15, 0.2) is 60.7 Å². The standard InChI is InChI=1S/C58H80O9/c1-34-28-45(62-49(59)65-55(13,14)15)42(52(4,5)6)31-39(34)48(40-32-43(53(7,8)9)46(29-35(40)2)63-50(60)66-56(16,17)18)37-24-26-38(27-25-37)58(22,23)41-33-44(54(10,11)12)47(30-36(41)3)64-51(61)67-57(19,20)21/h24-33,48H,1-23H3. The van der Waals surface area contributed by atoms with Crippen LogP contribution in [0.5, 0.6) is 17.2 Å². The molecule has 0 aromatic heterocycles. The number of rotatable bonds is 8. The summed E-state index contributed by atoms with van der Waals surface area (Å²) >= 11 is 0. The lowest BCUT2D eigenvalue weighted by molar-refractivity contribution is 0.0189. The Labute approximate surface area is 402 Å². The topological polar surface area (TPSA) is 107 Å². The minimum absolute atomic E-state index is 0.302. The Morgan fingerprint density at radius 3 is 0.985 bits per heavy atom. The fourth-order valence-electron chi connectivity index (χ4n) is 8.24. The molecule has 0 unspecified atom stereocenters. The van der Waals surface area contributed by atoms with Crippen molar-refractivity contribution < 1.29 is 42.8 Å². The molecule has 4 rings (SSSR count). The van der Waals surface area contributed by atoms with Gasteiger partial charge in [0.1, 0.15) is 34.1 Å². The summed E-state index contributed by atoms with van der Waals surface area (Å²) in [5.41, 5.74) is 6.93. The first-order chi connectivity index (χ1) is 30.2. The van der Waals surface area contributed by atoms with Gasteiger partial charge in [-0.3, -0.25) is 0 Å². The number of aryl methyl sites for hydroxylation is 3. The second-order valence-electron chi connectivity index (χ2n) is 24.7. The Kier molecular flexibility index (Phi) is 15.4. The van der Waals surface area contributed by atoms with E-state index in [2.05, 4.69) is 119 Å². The molecule has 0 spiro atoms. The lowest BCUT2D eigenvalue weighted by atomic mass is 9.72. The monoisotopic (exact) mass is 921 g/mol. The van der Waals surface area contributed by atoms with Crippen molar-refractivity contribution in [3.63, 3.8) is 0 Å². The van der Waals surface area contributed by atoms with Gasteiger partial charge in [0.2, 0.25) is 0 Å². The number of carbonyl (C=O) groups excluding carboxylic acids is 3. The predicted molar refractivity (Wildman–Crippen MR) is 270 cm³/mol. The van der Waals surface area contributed by atoms with Crippen molar-refractivity contribution in [2.24, 2.45) is 0 Å². The summed E-state index contributed by atoms with van der Waals surface area (Å²) in [5, 5.41) is 0. The van der Waals surface area contributed by atoms with Crippen molar-refractivity contribution in [1.82, 2.24) is 0 Å². The zero-order valence-corrected chi connectivity index (χ0v) is 45.0. The molecule has 4 aromatic carbocycles. The fourth-order valence-corrected chi connectivity index (χ4v) is 8.24. The summed E-state index contributed by atoms with van der Waals surface area (Å²) in [6.45, 7) is 45.8. The van der Waals surface area contributed by atoms with Gasteiger partial charge in [0.05, 0.1) is 0 Å². The van der Waals surface area contributed by atoms with Crippen LogP contribution in [0.4, 0.5) is 14.4 Å². The Hall–Kier alpha value is -5.31. The van der Waals surface area contributed by atoms with Crippen molar-refractivity contribution in [2.45, 2.75) is 204 Å². The number of ether oxygens (including phenoxy) is 6. The molecule has 0 atom stereocenters. The van der Waals surface area contributed by atoms with Crippen LogP contribution >= 0.6 is 0 Å². The van der Waals surface area contributed by atoms with Crippen LogP contribution in [0.3, 0.4) is 0 Å². The molecule has 0 heterocycles. The van der Waals surface area contributed by atoms with Crippen molar-refractivity contribution in [1.29, 1.82) is 0 Å². The first kappa shape index (κ1) is 54.3. The Morgan fingerprint density at radius 1 is 0.388 bits per heavy atom. The van der Waals surface area contributed by atoms with E-state index in [0.717, 1.165) is 61.2 Å². The summed E-state index contributed by atoms with van der Waals surface area (Å²) < 4.78 is 34.6. The van der Waals surface area contributed by atoms with Crippen LogP contribution < -0.4 is 14.2 Å². The molecule has 0 bridgehead atoms. The van der Waals surface area contributed by atoms with Gasteiger partial charge in [0.25, 0.3) is 0 Å². The summed E-state index contributed by atoms with van der Waals surface area (Å²) in [6.07, 6.45) is -2.26. The highest BCUT2D eigenvalue weighted by atomic mass is 16.7. The van der Waals surface area contributed by atoms with Gasteiger partial charge in [-0.1, -0.05) is 119 Å². The van der Waals surface area contributed by atoms with E-state index in [1.54, 1.807) is 0 Å². The molecule has 4 aromatic rings. The van der Waals surface area contributed by atoms with Crippen LogP contribution in [0.1, 0.15) is 206 Å². The van der Waals surface area contributed by atoms with Gasteiger partial charge in [-0.15, -0.1) is 0 Å². The van der Waals surface area contributed by atoms with Gasteiger partial charge in [0.15, 0.2) is 0 Å². The van der Waals surface area contributed by atoms with E-state index in [9.17, 15) is 14.4 Å². The lowest BCUT2D eigenvalue weighted by Crippen LogP contribution is -2.27. The third-order valence-corrected chi connectivity index (χ3v) is 11.5. The van der Waals surface area contributed by atoms with Gasteiger partial charge in [0, 0.05) is 28.0 Å². The molecule has 0 saturated heterocycles. The van der Waals surface area contributed by atoms with Crippen molar-refractivity contribution in [3.8, 4) is 17.2 Å². The van der Waals surface area contributed by atoms with Crippen LogP contribution in [0.25, 0.3) is 0 Å². The molecule has 9 nitrogen and oxygen atoms in total. The first-order valence-electron chi connectivity index (χ1n) is 23.5. The van der Waals surface area contributed by atoms with Gasteiger partial charge < -0.3 is 28.4 Å². The summed E-state index contributed by atoms with van der Waals surface area (Å²) in [4.78, 5) is 39.2. The molecule has 0 aliphatic rings. The largest absolute Gasteiger partial charge is 0.514 e. The van der Waals surface area contributed by atoms with E-state index >= 15 is 0 Å². The summed E-state index contributed by atoms with van der Waals surface area (Å²) in [6, 6.07) is 21.1. The Morgan fingerprint density at radius 2 is 0.687 bits per heavy atom. The number of hydrogen-bond donors (Lipinski definition) is 0. The number of carbonyl (C=O) groups is 3. The first-order valence-corrected chi connectivity index (χ1v) is 23.5. The zero-order chi connectivity index (χ0) is 51.2. The second kappa shape index (κ2) is 19.0. The van der Waals surface area contributed by atoms with Crippen LogP contribution in [0.2, 0.25) is 0 Å². The van der Waals surface area contributed by atoms with Gasteiger partial charge >= 0.3 is 18.5 Å². The van der Waals surface area contributed by atoms with Crippen LogP contribution in [-0.2, 0) is 35.9 Å². The van der Waals surface area contributed by atoms with E-state index in [4.69, 9.17) is 28.4 Å². The van der Waals surface area contributed by atoms with Gasteiger partial charge in [-0.25, -0.2) is 14.4 Å². The van der Waals surface area contributed by atoms with Crippen molar-refractivity contribution in [2.75, 3.05) is 0 Å². The maximum atomic E-state index is 13.1. The molecule has 0 radical (unpaired) electrons. The predicted octanol–water partition coefficient (Wildman–Crippen LogP) is 16.0. The maximum Gasteiger partial charge on any atom is 0.514 e. The summed E-state index contributed by atoms with van der Waals surface area (Å²) in [7, 11) is 0. The highest BCUT2D eigenvalue weighted by molar-refractivity contribution is 5.69. The molecule has 366 valence electrons. The molecule has 0 aliphatic carbocycles. The van der Waals surface area contributed by atoms with E-state index in [1.165, 1.54) is 0 Å². The van der Waals surface area contributed by atoms with Crippen LogP contribution in [0, 0.1) is 20.8 Å². The number of hydrogen-bond acceptors (Lipinski definition) is 9. The highest BCUT2D eigenvalue weighted by Gasteiger charge is 2.34. The van der Waals surface area contributed by atoms with Gasteiger partial charge in [-0.05, 0) is 162 Å². The molecule has 0 aliphatic heterocycles. The minimum Gasteiger partial charge on any atom is -0.428 e. The average Bonchev–Trinajstić information content (AvgIpc) is 3.09. The molecule has 0 fully saturated rings. The van der Waals surface area contributed by atoms with Gasteiger partial charge in [-0.2, -0.15) is 0 Å².